The second kappa shape index (κ2) is 22.5. The Morgan fingerprint density at radius 3 is 1.00 bits per heavy atom. The average Bonchev–Trinajstić information content (AvgIpc) is 0.811. The summed E-state index contributed by atoms with van der Waals surface area (Å²) in [6.45, 7) is 0. The molecular weight excluding hydrogens is 163 g/mol. The summed E-state index contributed by atoms with van der Waals surface area (Å²) < 4.78 is 0. The molecule has 0 aromatic carbocycles. The van der Waals surface area contributed by atoms with E-state index in [0.717, 1.165) is 0 Å². The van der Waals surface area contributed by atoms with Gasteiger partial charge in [-0.2, -0.15) is 0 Å². The molecule has 3 nitrogen and oxygen atoms in total. The van der Waals surface area contributed by atoms with Gasteiger partial charge in [0.25, 0.3) is 0 Å². The van der Waals surface area contributed by atoms with Gasteiger partial charge in [0.05, 0.1) is 7.32 Å². The van der Waals surface area contributed by atoms with Gasteiger partial charge < -0.3 is 27.5 Å². The maximum atomic E-state index is 8.53. The van der Waals surface area contributed by atoms with E-state index in [1.165, 1.54) is 0 Å². The summed E-state index contributed by atoms with van der Waals surface area (Å²) in [6, 6.07) is 0. The Hall–Kier alpha value is 3.23. The predicted octanol–water partition coefficient (Wildman–Crippen LogP) is -15.3. The van der Waals surface area contributed by atoms with Crippen LogP contribution in [0.15, 0.2) is 0 Å². The molecule has 8 heavy (non-hydrogen) atoms. The minimum absolute atomic E-state index is 0. The van der Waals surface area contributed by atoms with E-state index in [0.29, 0.717) is 0 Å². The topological polar surface area (TPSA) is 66.3 Å². The van der Waals surface area contributed by atoms with Crippen LogP contribution in [-0.2, 0) is 0 Å². The van der Waals surface area contributed by atoms with Crippen molar-refractivity contribution in [3.8, 4) is 0 Å². The van der Waals surface area contributed by atoms with Crippen molar-refractivity contribution in [2.75, 3.05) is 0 Å². The Bertz CT molecular complexity index is 19.2. The fraction of sp³-hybridized carbons (Fsp3) is 0. The molecule has 0 heterocycles. The molecule has 0 radical (unpaired) electrons. The van der Waals surface area contributed by atoms with Gasteiger partial charge in [-0.05, 0) is 0 Å². The van der Waals surface area contributed by atoms with Gasteiger partial charge in [0, 0.05) is 0 Å². The zero-order valence-corrected chi connectivity index (χ0v) is 12.0. The first kappa shape index (κ1) is 30.3. The van der Waals surface area contributed by atoms with E-state index in [1.54, 1.807) is 0 Å². The molecule has 1 N–H and O–H groups in total. The molecule has 0 saturated heterocycles. The van der Waals surface area contributed by atoms with Crippen molar-refractivity contribution < 1.29 is 116 Å². The van der Waals surface area contributed by atoms with E-state index in [1.807, 2.05) is 0 Å². The smallest absolute Gasteiger partial charge is 1.00 e. The number of hydrogen-bond donors (Lipinski definition) is 1. The van der Waals surface area contributed by atoms with Crippen LogP contribution in [0.4, 0.5) is 0 Å². The van der Waals surface area contributed by atoms with Crippen LogP contribution < -0.4 is 111 Å². The predicted molar refractivity (Wildman–Crippen MR) is 7.97 cm³/mol. The second-order valence-electron chi connectivity index (χ2n) is 0.307. The van der Waals surface area contributed by atoms with Gasteiger partial charge in [0.2, 0.25) is 0 Å². The summed E-state index contributed by atoms with van der Waals surface area (Å²) >= 11 is 0. The van der Waals surface area contributed by atoms with Gasteiger partial charge in [-0.25, -0.2) is 0 Å². The van der Waals surface area contributed by atoms with Crippen LogP contribution in [0, 0.1) is 0 Å². The van der Waals surface area contributed by atoms with Gasteiger partial charge in [-0.15, -0.1) is 0 Å². The maximum Gasteiger partial charge on any atom is 1.00 e. The van der Waals surface area contributed by atoms with Crippen molar-refractivity contribution in [3.63, 3.8) is 0 Å². The second-order valence-corrected chi connectivity index (χ2v) is 0.307. The van der Waals surface area contributed by atoms with Crippen LogP contribution >= 0.6 is 0 Å². The van der Waals surface area contributed by atoms with Crippen LogP contribution in [0.25, 0.3) is 0 Å². The Morgan fingerprint density at radius 2 is 1.00 bits per heavy atom. The van der Waals surface area contributed by atoms with Crippen LogP contribution in [0.2, 0.25) is 0 Å². The number of rotatable bonds is 0. The van der Waals surface area contributed by atoms with Crippen molar-refractivity contribution in [1.29, 1.82) is 0 Å². The van der Waals surface area contributed by atoms with Crippen molar-refractivity contribution in [1.82, 2.24) is 0 Å². The third-order valence-electron chi connectivity index (χ3n) is 0. The maximum absolute atomic E-state index is 8.53. The number of halogens is 1. The van der Waals surface area contributed by atoms with Crippen molar-refractivity contribution in [2.24, 2.45) is 0 Å². The Morgan fingerprint density at radius 1 is 1.00 bits per heavy atom. The Balaban J connectivity index is -0.00000000750. The average molecular weight is 164 g/mol. The quantitative estimate of drug-likeness (QED) is 0.362. The third kappa shape index (κ3) is 59.8. The summed E-state index contributed by atoms with van der Waals surface area (Å²) in [5, 5.41) is 24.0. The molecule has 0 aliphatic heterocycles. The van der Waals surface area contributed by atoms with E-state index in [2.05, 4.69) is 0 Å². The monoisotopic (exact) mass is 164 g/mol. The first-order chi connectivity index (χ1) is 1.73. The molecule has 32 valence electrons. The molecule has 0 saturated carbocycles. The first-order valence-corrected chi connectivity index (χ1v) is 0.730. The zero-order valence-electron chi connectivity index (χ0n) is 5.22. The summed E-state index contributed by atoms with van der Waals surface area (Å²) in [7, 11) is -2.67. The van der Waals surface area contributed by atoms with Crippen molar-refractivity contribution in [3.05, 3.63) is 0 Å². The first-order valence-electron chi connectivity index (χ1n) is 0.730. The van der Waals surface area contributed by atoms with E-state index < -0.39 is 7.32 Å². The van der Waals surface area contributed by atoms with Gasteiger partial charge in [0.15, 0.2) is 0 Å². The van der Waals surface area contributed by atoms with E-state index in [9.17, 15) is 0 Å². The molecule has 0 rings (SSSR count). The van der Waals surface area contributed by atoms with Crippen LogP contribution in [-0.4, -0.2) is 12.3 Å². The molecular formula is HBClNa3O3. The fourth-order valence-electron chi connectivity index (χ4n) is 0. The third-order valence-corrected chi connectivity index (χ3v) is 0. The molecule has 0 amide bonds. The van der Waals surface area contributed by atoms with E-state index in [-0.39, 0.29) is 101 Å². The molecule has 0 spiro atoms. The van der Waals surface area contributed by atoms with Crippen molar-refractivity contribution in [2.45, 2.75) is 0 Å². The van der Waals surface area contributed by atoms with Crippen LogP contribution in [0.5, 0.6) is 0 Å². The minimum atomic E-state index is -2.67. The molecule has 8 heteroatoms. The molecule has 0 aliphatic carbocycles. The summed E-state index contributed by atoms with van der Waals surface area (Å²) in [4.78, 5) is 0. The van der Waals surface area contributed by atoms with Crippen molar-refractivity contribution >= 4 is 7.32 Å². The summed E-state index contributed by atoms with van der Waals surface area (Å²) in [5.74, 6) is 0. The largest absolute Gasteiger partial charge is 1.00 e. The van der Waals surface area contributed by atoms with Gasteiger partial charge in [-0.1, -0.05) is 0 Å². The molecule has 0 aliphatic rings. The minimum Gasteiger partial charge on any atom is -1.00 e. The molecule has 0 unspecified atom stereocenters. The van der Waals surface area contributed by atoms with E-state index >= 15 is 0 Å². The Labute approximate surface area is 121 Å². The fourth-order valence-corrected chi connectivity index (χ4v) is 0. The number of hydrogen-bond acceptors (Lipinski definition) is 3. The SMILES string of the molecule is [Cl-].[Na+].[Na+].[Na+].[O-]B([O-])O. The van der Waals surface area contributed by atoms with Crippen LogP contribution in [0.3, 0.4) is 0 Å². The normalized spacial score (nSPS) is 3.38. The summed E-state index contributed by atoms with van der Waals surface area (Å²) in [5.41, 5.74) is 0. The molecule has 0 aromatic heterocycles. The molecule has 0 aromatic rings. The van der Waals surface area contributed by atoms with Gasteiger partial charge in [0.1, 0.15) is 0 Å². The molecule has 0 bridgehead atoms. The molecule has 0 fully saturated rings. The summed E-state index contributed by atoms with van der Waals surface area (Å²) in [6.07, 6.45) is 0. The van der Waals surface area contributed by atoms with Gasteiger partial charge >= 0.3 is 88.7 Å². The zero-order chi connectivity index (χ0) is 3.58. The van der Waals surface area contributed by atoms with Gasteiger partial charge in [-0.3, -0.25) is 0 Å². The molecule has 0 atom stereocenters. The standard InChI is InChI=1S/BHO3.ClH.3Na/c2-1(3)4;;;;/h2H;1H;;;/q-2;;3*+1/p-1. The van der Waals surface area contributed by atoms with Crippen LogP contribution in [0.1, 0.15) is 0 Å². The Kier molecular flexibility index (Phi) is 85.0. The van der Waals surface area contributed by atoms with E-state index in [4.69, 9.17) is 15.1 Å².